The Labute approximate surface area is 800 Å². The molecule has 0 atom stereocenters. The minimum absolute atomic E-state index is 0. The number of rotatable bonds is 10. The van der Waals surface area contributed by atoms with Gasteiger partial charge >= 0.3 is 0 Å². The van der Waals surface area contributed by atoms with E-state index in [4.69, 9.17) is 43.5 Å². The van der Waals surface area contributed by atoms with Gasteiger partial charge in [0.05, 0.1) is 34.0 Å². The average molecular weight is 2290 g/mol. The Morgan fingerprint density at radius 3 is 0.961 bits per heavy atom. The molecule has 0 saturated heterocycles. The van der Waals surface area contributed by atoms with Crippen molar-refractivity contribution in [2.75, 3.05) is 0 Å². The summed E-state index contributed by atoms with van der Waals surface area (Å²) < 4.78 is 18.6. The fraction of sp³-hybridized carbons (Fsp3) is 0.243. The average Bonchev–Trinajstić information content (AvgIpc) is 1.61. The summed E-state index contributed by atoms with van der Waals surface area (Å²) >= 11 is 5.21. The van der Waals surface area contributed by atoms with Crippen LogP contribution in [0.4, 0.5) is 0 Å². The van der Waals surface area contributed by atoms with Crippen molar-refractivity contribution in [2.45, 2.75) is 174 Å². The molecular weight excluding hydrogens is 2190 g/mol. The van der Waals surface area contributed by atoms with Crippen LogP contribution < -0.4 is 0 Å². The summed E-state index contributed by atoms with van der Waals surface area (Å²) in [7, 11) is 0. The third-order valence-electron chi connectivity index (χ3n) is 20.9. The van der Waals surface area contributed by atoms with E-state index in [0.717, 1.165) is 131 Å². The third-order valence-corrected chi connectivity index (χ3v) is 24.2. The quantitative estimate of drug-likeness (QED) is 0.0657. The minimum Gasteiger partial charge on any atom is -0.512 e. The van der Waals surface area contributed by atoms with E-state index in [0.29, 0.717) is 23.1 Å². The molecule has 3 N–H and O–H groups in total. The molecule has 12 heterocycles. The molecule has 0 fully saturated rings. The number of carbonyl (C=O) groups excluding carboxylic acids is 3. The summed E-state index contributed by atoms with van der Waals surface area (Å²) in [6, 6.07) is 74.3. The van der Waals surface area contributed by atoms with Gasteiger partial charge in [0.15, 0.2) is 17.3 Å². The maximum atomic E-state index is 10.0. The van der Waals surface area contributed by atoms with Crippen LogP contribution in [0.2, 0.25) is 0 Å². The first-order valence-corrected chi connectivity index (χ1v) is 43.9. The molecular formula is C107H103Ir3N6O9S3-3. The zero-order valence-corrected chi connectivity index (χ0v) is 85.5. The molecule has 12 aromatic heterocycles. The van der Waals surface area contributed by atoms with Gasteiger partial charge in [0.2, 0.25) is 17.1 Å². The van der Waals surface area contributed by atoms with E-state index in [1.807, 2.05) is 75.4 Å². The van der Waals surface area contributed by atoms with Crippen LogP contribution in [0.1, 0.15) is 174 Å². The van der Waals surface area contributed by atoms with Crippen LogP contribution in [0.3, 0.4) is 0 Å². The smallest absolute Gasteiger partial charge is 0.216 e. The molecule has 0 spiro atoms. The van der Waals surface area contributed by atoms with Crippen LogP contribution in [0.25, 0.3) is 162 Å². The van der Waals surface area contributed by atoms with Gasteiger partial charge in [-0.25, -0.2) is 15.0 Å². The Balaban J connectivity index is 0.000000178. The first-order valence-electron chi connectivity index (χ1n) is 41.5. The molecule has 21 heteroatoms. The Kier molecular flexibility index (Phi) is 32.0. The zero-order chi connectivity index (χ0) is 90.0. The number of carbonyl (C=O) groups is 3. The van der Waals surface area contributed by atoms with Crippen molar-refractivity contribution >= 4 is 148 Å². The number of hydrogen-bond donors (Lipinski definition) is 3. The molecule has 663 valence electrons. The van der Waals surface area contributed by atoms with Crippen LogP contribution >= 0.6 is 34.0 Å². The Morgan fingerprint density at radius 1 is 0.359 bits per heavy atom. The molecule has 0 bridgehead atoms. The Bertz CT molecular complexity index is 7150. The number of benzene rings is 6. The van der Waals surface area contributed by atoms with Crippen molar-refractivity contribution < 1.29 is 103 Å². The number of aryl methyl sites for hydroxylation is 5. The van der Waals surface area contributed by atoms with E-state index >= 15 is 0 Å². The number of hydrogen-bond acceptors (Lipinski definition) is 18. The van der Waals surface area contributed by atoms with E-state index in [9.17, 15) is 14.4 Å². The van der Waals surface area contributed by atoms with Crippen molar-refractivity contribution in [3.8, 4) is 65.1 Å². The molecule has 6 aromatic carbocycles. The summed E-state index contributed by atoms with van der Waals surface area (Å²) in [5.41, 5.74) is 24.5. The zero-order valence-electron chi connectivity index (χ0n) is 75.8. The van der Waals surface area contributed by atoms with Crippen molar-refractivity contribution in [1.82, 2.24) is 29.9 Å². The van der Waals surface area contributed by atoms with E-state index < -0.39 is 0 Å². The van der Waals surface area contributed by atoms with Gasteiger partial charge in [0.25, 0.3) is 0 Å². The molecule has 18 rings (SSSR count). The fourth-order valence-electron chi connectivity index (χ4n) is 14.6. The van der Waals surface area contributed by atoms with Gasteiger partial charge in [-0.05, 0) is 232 Å². The predicted octanol–water partition coefficient (Wildman–Crippen LogP) is 29.8. The van der Waals surface area contributed by atoms with Crippen LogP contribution in [0, 0.1) is 52.8 Å². The minimum atomic E-state index is -0.125. The molecule has 0 saturated carbocycles. The van der Waals surface area contributed by atoms with Gasteiger partial charge in [-0.3, -0.25) is 29.3 Å². The molecule has 15 nitrogen and oxygen atoms in total. The number of fused-ring (bicyclic) bond motifs is 12. The summed E-state index contributed by atoms with van der Waals surface area (Å²) in [4.78, 5) is 65.6. The predicted molar refractivity (Wildman–Crippen MR) is 518 cm³/mol. The van der Waals surface area contributed by atoms with Gasteiger partial charge in [0, 0.05) is 143 Å². The van der Waals surface area contributed by atoms with Gasteiger partial charge in [-0.1, -0.05) is 188 Å². The molecule has 0 unspecified atom stereocenters. The largest absolute Gasteiger partial charge is 0.512 e. The van der Waals surface area contributed by atoms with Crippen molar-refractivity contribution in [1.29, 1.82) is 0 Å². The Morgan fingerprint density at radius 2 is 0.664 bits per heavy atom. The summed E-state index contributed by atoms with van der Waals surface area (Å²) in [5.74, 6) is 0.347. The molecule has 3 radical (unpaired) electrons. The van der Waals surface area contributed by atoms with Crippen LogP contribution in [0.15, 0.2) is 231 Å². The number of furan rings is 3. The number of thiophene rings is 3. The topological polar surface area (TPSA) is 229 Å². The van der Waals surface area contributed by atoms with Crippen LogP contribution in [0.5, 0.6) is 0 Å². The second kappa shape index (κ2) is 41.2. The monoisotopic (exact) mass is 2290 g/mol. The number of aromatic nitrogens is 6. The van der Waals surface area contributed by atoms with E-state index in [-0.39, 0.29) is 111 Å². The number of aliphatic hydroxyl groups is 3. The summed E-state index contributed by atoms with van der Waals surface area (Å²) in [6.45, 7) is 43.8. The summed E-state index contributed by atoms with van der Waals surface area (Å²) in [5, 5.41) is 34.7. The molecule has 0 amide bonds. The van der Waals surface area contributed by atoms with Crippen molar-refractivity contribution in [2.24, 2.45) is 0 Å². The van der Waals surface area contributed by atoms with E-state index in [1.165, 1.54) is 124 Å². The van der Waals surface area contributed by atoms with Gasteiger partial charge in [0.1, 0.15) is 14.5 Å². The van der Waals surface area contributed by atoms with Crippen LogP contribution in [-0.4, -0.2) is 62.6 Å². The van der Waals surface area contributed by atoms with Gasteiger partial charge in [-0.2, -0.15) is 0 Å². The Hall–Kier alpha value is -10.9. The van der Waals surface area contributed by atoms with Gasteiger partial charge < -0.3 is 28.6 Å². The summed E-state index contributed by atoms with van der Waals surface area (Å²) in [6.07, 6.45) is 3.50. The first kappa shape index (κ1) is 99.2. The number of nitrogens with zero attached hydrogens (tertiary/aromatic N) is 6. The van der Waals surface area contributed by atoms with Gasteiger partial charge in [-0.15, -0.1) is 88.6 Å². The van der Waals surface area contributed by atoms with E-state index in [2.05, 4.69) is 251 Å². The van der Waals surface area contributed by atoms with E-state index in [1.54, 1.807) is 34.0 Å². The fourth-order valence-corrected chi connectivity index (χ4v) is 17.9. The molecule has 0 aliphatic heterocycles. The number of ketones is 3. The molecule has 18 aromatic rings. The number of pyridine rings is 6. The van der Waals surface area contributed by atoms with Crippen molar-refractivity contribution in [3.05, 3.63) is 286 Å². The normalized spacial score (nSPS) is 11.9. The standard InChI is InChI=1S/C33H31N2OS.C31H27N2OS.C28H21N2OS.3C5H8O2.3Ir/c1-19-11-13-25-24-9-8-10-26(29(24)36-30(25)34-19)27-14-12-20-17-28(37-31(20)35-27)21-15-22(32(2,3)4)18-23(16-21)33(5,6)7;1-17-14-21(31(4,5)6)15-18(2)27(17)26-16-20-11-13-25(33-30(20)35-26)24-9-7-8-22-23-12-10-19(3)32-29(23)34-28(22)24;1-16(2)18-8-10-19(11-9-18)25-15-20-12-14-24(30-28(20)32-25)23-6-4-5-21-22-13-7-17(3)29-27(22)31-26(21)23;3*1-4(6)3-5(2)7;;;/h8-9,11-18H,1-7H3;7-8,10-16H,1-6H3;4-5,7-16H,1-3H3;3*3,6H,1-2H3;;;/q3*-1;;;;;;. The molecule has 0 aliphatic rings. The first-order chi connectivity index (χ1) is 59.1. The number of allylic oxidation sites excluding steroid dienone is 6. The van der Waals surface area contributed by atoms with Crippen LogP contribution in [-0.2, 0) is 90.9 Å². The molecule has 128 heavy (non-hydrogen) atoms. The maximum absolute atomic E-state index is 10.0. The van der Waals surface area contributed by atoms with Crippen molar-refractivity contribution in [3.63, 3.8) is 0 Å². The SMILES string of the molecule is CC(=O)C=C(C)O.CC(=O)C=C(C)O.CC(=O)C=C(C)O.Cc1ccc2c(n1)oc1c(-c3ccc4cc(-c5c(C)cc(C(C)(C)C)cc5C)sc4n3)[c-]ccc12.Cc1ccc2c(n1)oc1c(-c3ccc4cc(-c5cc(C(C)(C)C)cc(C(C)(C)C)c5)sc4n3)[c-]ccc12.Cc1ccc2c(n1)oc1c(-c3ccc4cc(-c5ccc(C(C)C)cc5)sc4n3)[c-]ccc12.[Ir].[Ir].[Ir]. The third kappa shape index (κ3) is 23.4. The second-order valence-electron chi connectivity index (χ2n) is 35.1. The number of aliphatic hydroxyl groups excluding tert-OH is 3. The molecule has 0 aliphatic carbocycles. The maximum Gasteiger partial charge on any atom is 0.216 e. The second-order valence-corrected chi connectivity index (χ2v) is 38.2.